The molecule has 0 saturated carbocycles. The molecule has 1 atom stereocenters. The van der Waals surface area contributed by atoms with E-state index in [4.69, 9.17) is 0 Å². The van der Waals surface area contributed by atoms with Crippen molar-refractivity contribution in [1.29, 1.82) is 0 Å². The van der Waals surface area contributed by atoms with Crippen LogP contribution >= 0.6 is 11.3 Å². The maximum absolute atomic E-state index is 11.2. The highest BCUT2D eigenvalue weighted by Crippen LogP contribution is 2.29. The van der Waals surface area contributed by atoms with Gasteiger partial charge in [-0.15, -0.1) is 10.2 Å². The molecule has 0 amide bonds. The summed E-state index contributed by atoms with van der Waals surface area (Å²) >= 11 is 1.49. The molecule has 1 saturated heterocycles. The average molecular weight is 289 g/mol. The summed E-state index contributed by atoms with van der Waals surface area (Å²) in [5.74, 6) is -0.776. The van der Waals surface area contributed by atoms with Gasteiger partial charge in [-0.1, -0.05) is 41.7 Å². The molecule has 2 aromatic rings. The summed E-state index contributed by atoms with van der Waals surface area (Å²) in [5.41, 5.74) is 1.19. The minimum absolute atomic E-state index is 0.451. The number of nitrogens with zero attached hydrogens (tertiary/aromatic N) is 3. The standard InChI is InChI=1S/C14H15N3O2S/c18-13(19)11-7-4-8-17(11)14-16-15-12(20-14)9-10-5-2-1-3-6-10/h1-3,5-6,11H,4,7-9H2,(H,18,19)/t11-/m1/s1. The molecule has 1 aliphatic heterocycles. The SMILES string of the molecule is O=C(O)[C@H]1CCCN1c1nnc(Cc2ccccc2)s1. The van der Waals surface area contributed by atoms with Crippen molar-refractivity contribution in [3.8, 4) is 0 Å². The Hall–Kier alpha value is -1.95. The second-order valence-corrected chi connectivity index (χ2v) is 5.87. The lowest BCUT2D eigenvalue weighted by Crippen LogP contribution is -2.35. The molecule has 5 nitrogen and oxygen atoms in total. The van der Waals surface area contributed by atoms with E-state index in [0.29, 0.717) is 6.42 Å². The summed E-state index contributed by atoms with van der Waals surface area (Å²) in [6.07, 6.45) is 2.32. The highest BCUT2D eigenvalue weighted by Gasteiger charge is 2.32. The van der Waals surface area contributed by atoms with Crippen LogP contribution in [0, 0.1) is 0 Å². The molecule has 6 heteroatoms. The van der Waals surface area contributed by atoms with Gasteiger partial charge in [0.05, 0.1) is 0 Å². The van der Waals surface area contributed by atoms with Crippen molar-refractivity contribution in [2.24, 2.45) is 0 Å². The van der Waals surface area contributed by atoms with Crippen LogP contribution in [0.2, 0.25) is 0 Å². The minimum Gasteiger partial charge on any atom is -0.480 e. The van der Waals surface area contributed by atoms with Crippen LogP contribution < -0.4 is 4.90 Å². The van der Waals surface area contributed by atoms with Gasteiger partial charge in [-0.2, -0.15) is 0 Å². The van der Waals surface area contributed by atoms with Crippen LogP contribution in [0.15, 0.2) is 30.3 Å². The molecule has 1 aromatic heterocycles. The molecule has 1 aliphatic rings. The van der Waals surface area contributed by atoms with Gasteiger partial charge >= 0.3 is 5.97 Å². The Morgan fingerprint density at radius 3 is 2.90 bits per heavy atom. The van der Waals surface area contributed by atoms with Gasteiger partial charge in [0.15, 0.2) is 0 Å². The molecular formula is C14H15N3O2S. The predicted octanol–water partition coefficient (Wildman–Crippen LogP) is 2.18. The Kier molecular flexibility index (Phi) is 3.64. The zero-order valence-corrected chi connectivity index (χ0v) is 11.7. The van der Waals surface area contributed by atoms with Gasteiger partial charge < -0.3 is 10.0 Å². The molecular weight excluding hydrogens is 274 g/mol. The molecule has 0 spiro atoms. The molecule has 0 unspecified atom stereocenters. The largest absolute Gasteiger partial charge is 0.480 e. The Bertz CT molecular complexity index is 599. The fraction of sp³-hybridized carbons (Fsp3) is 0.357. The molecule has 20 heavy (non-hydrogen) atoms. The third-order valence-corrected chi connectivity index (χ3v) is 4.40. The van der Waals surface area contributed by atoms with Crippen LogP contribution in [0.5, 0.6) is 0 Å². The summed E-state index contributed by atoms with van der Waals surface area (Å²) in [4.78, 5) is 13.1. The molecule has 104 valence electrons. The second kappa shape index (κ2) is 5.58. The molecule has 3 rings (SSSR count). The van der Waals surface area contributed by atoms with E-state index in [1.54, 1.807) is 0 Å². The average Bonchev–Trinajstić information content (AvgIpc) is 3.07. The van der Waals surface area contributed by atoms with Gasteiger partial charge in [-0.05, 0) is 18.4 Å². The molecule has 1 fully saturated rings. The zero-order valence-electron chi connectivity index (χ0n) is 10.9. The van der Waals surface area contributed by atoms with E-state index in [-0.39, 0.29) is 0 Å². The monoisotopic (exact) mass is 289 g/mol. The van der Waals surface area contributed by atoms with Crippen molar-refractivity contribution in [3.63, 3.8) is 0 Å². The van der Waals surface area contributed by atoms with Crippen molar-refractivity contribution in [1.82, 2.24) is 10.2 Å². The molecule has 2 heterocycles. The van der Waals surface area contributed by atoms with Gasteiger partial charge in [0.1, 0.15) is 11.0 Å². The van der Waals surface area contributed by atoms with E-state index >= 15 is 0 Å². The van der Waals surface area contributed by atoms with Gasteiger partial charge in [-0.3, -0.25) is 0 Å². The Balaban J connectivity index is 1.75. The number of rotatable bonds is 4. The molecule has 1 N–H and O–H groups in total. The topological polar surface area (TPSA) is 66.3 Å². The maximum atomic E-state index is 11.2. The Labute approximate surface area is 120 Å². The predicted molar refractivity (Wildman–Crippen MR) is 77.2 cm³/mol. The number of hydrogen-bond acceptors (Lipinski definition) is 5. The van der Waals surface area contributed by atoms with Crippen molar-refractivity contribution in [2.45, 2.75) is 25.3 Å². The number of carboxylic acid groups (broad SMARTS) is 1. The van der Waals surface area contributed by atoms with Crippen LogP contribution in [-0.2, 0) is 11.2 Å². The second-order valence-electron chi connectivity index (χ2n) is 4.83. The lowest BCUT2D eigenvalue weighted by molar-refractivity contribution is -0.138. The Morgan fingerprint density at radius 2 is 2.15 bits per heavy atom. The third kappa shape index (κ3) is 2.65. The Morgan fingerprint density at radius 1 is 1.35 bits per heavy atom. The number of benzene rings is 1. The van der Waals surface area contributed by atoms with E-state index in [1.165, 1.54) is 16.9 Å². The third-order valence-electron chi connectivity index (χ3n) is 3.44. The highest BCUT2D eigenvalue weighted by molar-refractivity contribution is 7.15. The fourth-order valence-corrected chi connectivity index (χ4v) is 3.40. The number of anilines is 1. The van der Waals surface area contributed by atoms with Crippen LogP contribution in [0.3, 0.4) is 0 Å². The molecule has 0 aliphatic carbocycles. The van der Waals surface area contributed by atoms with E-state index in [2.05, 4.69) is 22.3 Å². The minimum atomic E-state index is -0.776. The molecule has 1 aromatic carbocycles. The summed E-state index contributed by atoms with van der Waals surface area (Å²) in [6, 6.07) is 9.63. The van der Waals surface area contributed by atoms with E-state index < -0.39 is 12.0 Å². The van der Waals surface area contributed by atoms with Gasteiger partial charge in [0.2, 0.25) is 5.13 Å². The van der Waals surface area contributed by atoms with Crippen LogP contribution in [0.1, 0.15) is 23.4 Å². The number of hydrogen-bond donors (Lipinski definition) is 1. The fourth-order valence-electron chi connectivity index (χ4n) is 2.46. The maximum Gasteiger partial charge on any atom is 0.326 e. The lowest BCUT2D eigenvalue weighted by Gasteiger charge is -2.19. The molecule has 0 radical (unpaired) electrons. The van der Waals surface area contributed by atoms with Crippen LogP contribution in [0.4, 0.5) is 5.13 Å². The van der Waals surface area contributed by atoms with Gasteiger partial charge in [-0.25, -0.2) is 4.79 Å². The summed E-state index contributed by atoms with van der Waals surface area (Å²) in [7, 11) is 0. The first-order valence-electron chi connectivity index (χ1n) is 6.60. The van der Waals surface area contributed by atoms with Gasteiger partial charge in [0.25, 0.3) is 0 Å². The number of aromatic nitrogens is 2. The van der Waals surface area contributed by atoms with Gasteiger partial charge in [0, 0.05) is 13.0 Å². The van der Waals surface area contributed by atoms with E-state index in [1.807, 2.05) is 23.1 Å². The summed E-state index contributed by atoms with van der Waals surface area (Å²) in [5, 5.41) is 19.2. The number of aliphatic carboxylic acids is 1. The van der Waals surface area contributed by atoms with E-state index in [0.717, 1.165) is 29.5 Å². The first-order chi connectivity index (χ1) is 9.74. The van der Waals surface area contributed by atoms with Crippen molar-refractivity contribution in [2.75, 3.05) is 11.4 Å². The summed E-state index contributed by atoms with van der Waals surface area (Å²) < 4.78 is 0. The van der Waals surface area contributed by atoms with Crippen molar-refractivity contribution >= 4 is 22.4 Å². The van der Waals surface area contributed by atoms with Crippen LogP contribution in [0.25, 0.3) is 0 Å². The van der Waals surface area contributed by atoms with E-state index in [9.17, 15) is 9.90 Å². The lowest BCUT2D eigenvalue weighted by atomic mass is 10.2. The normalized spacial score (nSPS) is 18.4. The number of carboxylic acids is 1. The van der Waals surface area contributed by atoms with Crippen molar-refractivity contribution < 1.29 is 9.90 Å². The highest BCUT2D eigenvalue weighted by atomic mass is 32.1. The first kappa shape index (κ1) is 13.1. The smallest absolute Gasteiger partial charge is 0.326 e. The summed E-state index contributed by atoms with van der Waals surface area (Å²) in [6.45, 7) is 0.747. The number of carbonyl (C=O) groups is 1. The zero-order chi connectivity index (χ0) is 13.9. The van der Waals surface area contributed by atoms with Crippen molar-refractivity contribution in [3.05, 3.63) is 40.9 Å². The first-order valence-corrected chi connectivity index (χ1v) is 7.41. The molecule has 0 bridgehead atoms. The van der Waals surface area contributed by atoms with Crippen LogP contribution in [-0.4, -0.2) is 33.9 Å². The quantitative estimate of drug-likeness (QED) is 0.934.